The van der Waals surface area contributed by atoms with Crippen molar-refractivity contribution in [3.8, 4) is 0 Å². The summed E-state index contributed by atoms with van der Waals surface area (Å²) in [5.74, 6) is 0.381. The molecule has 1 fully saturated rings. The average Bonchev–Trinajstić information content (AvgIpc) is 2.61. The molecule has 0 bridgehead atoms. The van der Waals surface area contributed by atoms with Crippen molar-refractivity contribution in [1.29, 1.82) is 0 Å². The number of amides is 1. The highest BCUT2D eigenvalue weighted by Gasteiger charge is 2.21. The number of halogens is 2. The molecule has 1 aromatic rings. The molecule has 1 aromatic carbocycles. The van der Waals surface area contributed by atoms with Crippen LogP contribution in [0.3, 0.4) is 0 Å². The summed E-state index contributed by atoms with van der Waals surface area (Å²) in [7, 11) is 0. The number of rotatable bonds is 7. The number of benzene rings is 1. The number of primary amides is 1. The quantitative estimate of drug-likeness (QED) is 0.253. The number of aliphatic hydroxyl groups excluding tert-OH is 1. The lowest BCUT2D eigenvalue weighted by molar-refractivity contribution is -0.119. The Morgan fingerprint density at radius 1 is 1.41 bits per heavy atom. The molecule has 5 N–H and O–H groups in total. The third-order valence-corrected chi connectivity index (χ3v) is 4.68. The van der Waals surface area contributed by atoms with Gasteiger partial charge in [-0.25, -0.2) is 0 Å². The molecular formula is C18H29ClIN5O2. The van der Waals surface area contributed by atoms with Crippen LogP contribution in [0.4, 0.5) is 0 Å². The van der Waals surface area contributed by atoms with Crippen LogP contribution in [0.1, 0.15) is 31.4 Å². The molecule has 9 heteroatoms. The van der Waals surface area contributed by atoms with Gasteiger partial charge >= 0.3 is 0 Å². The first kappa shape index (κ1) is 23.9. The van der Waals surface area contributed by atoms with Crippen molar-refractivity contribution in [3.63, 3.8) is 0 Å². The van der Waals surface area contributed by atoms with Crippen LogP contribution < -0.4 is 16.4 Å². The molecule has 0 aromatic heterocycles. The molecule has 1 unspecified atom stereocenters. The minimum absolute atomic E-state index is 0. The van der Waals surface area contributed by atoms with Crippen LogP contribution in [0.25, 0.3) is 0 Å². The molecule has 1 atom stereocenters. The van der Waals surface area contributed by atoms with Gasteiger partial charge in [0.2, 0.25) is 5.91 Å². The number of nitrogens with one attached hydrogen (secondary N) is 2. The fourth-order valence-electron chi connectivity index (χ4n) is 2.99. The van der Waals surface area contributed by atoms with Crippen LogP contribution in [-0.4, -0.2) is 60.6 Å². The number of guanidine groups is 1. The van der Waals surface area contributed by atoms with Gasteiger partial charge in [0.25, 0.3) is 0 Å². The van der Waals surface area contributed by atoms with E-state index in [-0.39, 0.29) is 42.5 Å². The number of carbonyl (C=O) groups excluding carboxylic acids is 1. The van der Waals surface area contributed by atoms with E-state index in [4.69, 9.17) is 17.3 Å². The van der Waals surface area contributed by atoms with Gasteiger partial charge in [-0.15, -0.1) is 24.0 Å². The van der Waals surface area contributed by atoms with Crippen LogP contribution in [0, 0.1) is 0 Å². The maximum atomic E-state index is 11.0. The summed E-state index contributed by atoms with van der Waals surface area (Å²) in [4.78, 5) is 17.6. The standard InChI is InChI=1S/C18H28ClN5O2.HI/c1-2-21-18(22-11-16(25)14-5-3-4-6-15(14)19)23-13-7-9-24(10-8-13)12-17(20)26;/h3-6,13,16,25H,2,7-12H2,1H3,(H2,20,26)(H2,21,22,23);1H. The SMILES string of the molecule is CCNC(=NCC(O)c1ccccc1Cl)NC1CCN(CC(N)=O)CC1.I. The number of hydrogen-bond donors (Lipinski definition) is 4. The van der Waals surface area contributed by atoms with Crippen molar-refractivity contribution in [2.75, 3.05) is 32.7 Å². The molecule has 0 spiro atoms. The number of nitrogens with two attached hydrogens (primary N) is 1. The van der Waals surface area contributed by atoms with Crippen molar-refractivity contribution in [1.82, 2.24) is 15.5 Å². The van der Waals surface area contributed by atoms with Crippen molar-refractivity contribution >= 4 is 47.4 Å². The second-order valence-corrected chi connectivity index (χ2v) is 6.83. The lowest BCUT2D eigenvalue weighted by atomic mass is 10.1. The topological polar surface area (TPSA) is 103 Å². The first-order chi connectivity index (χ1) is 12.5. The second-order valence-electron chi connectivity index (χ2n) is 6.42. The maximum absolute atomic E-state index is 11.0. The highest BCUT2D eigenvalue weighted by molar-refractivity contribution is 14.0. The molecule has 1 aliphatic rings. The van der Waals surface area contributed by atoms with Gasteiger partial charge in [-0.2, -0.15) is 0 Å². The molecule has 152 valence electrons. The van der Waals surface area contributed by atoms with Crippen LogP contribution in [0.15, 0.2) is 29.3 Å². The zero-order chi connectivity index (χ0) is 18.9. The summed E-state index contributed by atoms with van der Waals surface area (Å²) >= 11 is 6.12. The number of carbonyl (C=O) groups is 1. The first-order valence-corrected chi connectivity index (χ1v) is 9.35. The Labute approximate surface area is 182 Å². The van der Waals surface area contributed by atoms with Crippen LogP contribution >= 0.6 is 35.6 Å². The fraction of sp³-hybridized carbons (Fsp3) is 0.556. The molecule has 1 aliphatic heterocycles. The molecule has 0 aliphatic carbocycles. The predicted molar refractivity (Wildman–Crippen MR) is 120 cm³/mol. The highest BCUT2D eigenvalue weighted by Crippen LogP contribution is 2.22. The molecule has 1 saturated heterocycles. The second kappa shape index (κ2) is 12.4. The van der Waals surface area contributed by atoms with Gasteiger partial charge in [0.05, 0.1) is 13.1 Å². The average molecular weight is 510 g/mol. The number of piperidine rings is 1. The molecule has 1 amide bonds. The Morgan fingerprint density at radius 2 is 2.07 bits per heavy atom. The van der Waals surface area contributed by atoms with Gasteiger partial charge in [0.1, 0.15) is 6.10 Å². The largest absolute Gasteiger partial charge is 0.386 e. The van der Waals surface area contributed by atoms with E-state index in [1.807, 2.05) is 19.1 Å². The van der Waals surface area contributed by atoms with E-state index in [2.05, 4.69) is 20.5 Å². The lowest BCUT2D eigenvalue weighted by Crippen LogP contribution is -2.49. The number of likely N-dealkylation sites (tertiary alicyclic amines) is 1. The minimum Gasteiger partial charge on any atom is -0.386 e. The zero-order valence-electron chi connectivity index (χ0n) is 15.5. The van der Waals surface area contributed by atoms with Crippen molar-refractivity contribution in [2.24, 2.45) is 10.7 Å². The Morgan fingerprint density at radius 3 is 2.67 bits per heavy atom. The van der Waals surface area contributed by atoms with Crippen LogP contribution in [-0.2, 0) is 4.79 Å². The Hall–Kier alpha value is -1.10. The van der Waals surface area contributed by atoms with Crippen molar-refractivity contribution in [2.45, 2.75) is 31.9 Å². The lowest BCUT2D eigenvalue weighted by Gasteiger charge is -2.32. The van der Waals surface area contributed by atoms with Gasteiger partial charge < -0.3 is 21.5 Å². The van der Waals surface area contributed by atoms with Gasteiger partial charge in [0, 0.05) is 36.3 Å². The molecule has 1 heterocycles. The molecule has 0 radical (unpaired) electrons. The monoisotopic (exact) mass is 509 g/mol. The van der Waals surface area contributed by atoms with E-state index in [0.29, 0.717) is 23.1 Å². The van der Waals surface area contributed by atoms with Crippen LogP contribution in [0.5, 0.6) is 0 Å². The van der Waals surface area contributed by atoms with Gasteiger partial charge in [-0.3, -0.25) is 14.7 Å². The summed E-state index contributed by atoms with van der Waals surface area (Å²) in [6, 6.07) is 7.51. The van der Waals surface area contributed by atoms with E-state index < -0.39 is 6.10 Å². The third kappa shape index (κ3) is 8.20. The van der Waals surface area contributed by atoms with E-state index in [9.17, 15) is 9.90 Å². The molecular weight excluding hydrogens is 481 g/mol. The minimum atomic E-state index is -0.753. The van der Waals surface area contributed by atoms with Gasteiger partial charge in [-0.05, 0) is 25.8 Å². The Kier molecular flexibility index (Phi) is 11.0. The summed E-state index contributed by atoms with van der Waals surface area (Å²) in [5.41, 5.74) is 5.92. The summed E-state index contributed by atoms with van der Waals surface area (Å²) in [5, 5.41) is 17.5. The van der Waals surface area contributed by atoms with Gasteiger partial charge in [0.15, 0.2) is 5.96 Å². The third-order valence-electron chi connectivity index (χ3n) is 4.34. The summed E-state index contributed by atoms with van der Waals surface area (Å²) in [6.45, 7) is 4.90. The van der Waals surface area contributed by atoms with Crippen molar-refractivity contribution in [3.05, 3.63) is 34.9 Å². The fourth-order valence-corrected chi connectivity index (χ4v) is 3.25. The van der Waals surface area contributed by atoms with E-state index in [0.717, 1.165) is 32.5 Å². The Bertz CT molecular complexity index is 624. The van der Waals surface area contributed by atoms with E-state index in [1.54, 1.807) is 12.1 Å². The maximum Gasteiger partial charge on any atom is 0.231 e. The first-order valence-electron chi connectivity index (χ1n) is 8.97. The number of aliphatic hydroxyl groups is 1. The number of aliphatic imine (C=N–C) groups is 1. The molecule has 0 saturated carbocycles. The van der Waals surface area contributed by atoms with Crippen molar-refractivity contribution < 1.29 is 9.90 Å². The van der Waals surface area contributed by atoms with E-state index in [1.165, 1.54) is 0 Å². The molecule has 2 rings (SSSR count). The number of nitrogens with zero attached hydrogens (tertiary/aromatic N) is 2. The predicted octanol–water partition coefficient (Wildman–Crippen LogP) is 1.50. The normalized spacial score (nSPS) is 17.1. The summed E-state index contributed by atoms with van der Waals surface area (Å²) < 4.78 is 0. The molecule has 27 heavy (non-hydrogen) atoms. The summed E-state index contributed by atoms with van der Waals surface area (Å²) in [6.07, 6.45) is 1.06. The zero-order valence-corrected chi connectivity index (χ0v) is 18.6. The van der Waals surface area contributed by atoms with Crippen LogP contribution in [0.2, 0.25) is 5.02 Å². The number of hydrogen-bond acceptors (Lipinski definition) is 4. The van der Waals surface area contributed by atoms with E-state index >= 15 is 0 Å². The smallest absolute Gasteiger partial charge is 0.231 e. The Balaban J connectivity index is 0.00000364. The highest BCUT2D eigenvalue weighted by atomic mass is 127. The molecule has 7 nitrogen and oxygen atoms in total. The van der Waals surface area contributed by atoms with Gasteiger partial charge in [-0.1, -0.05) is 29.8 Å².